The van der Waals surface area contributed by atoms with Crippen LogP contribution in [-0.4, -0.2) is 5.78 Å². The molecule has 3 rings (SSSR count). The monoisotopic (exact) mass is 214 g/mol. The number of allylic oxidation sites excluding steroid dienone is 1. The van der Waals surface area contributed by atoms with Crippen LogP contribution in [0.4, 0.5) is 0 Å². The quantitative estimate of drug-likeness (QED) is 0.663. The number of rotatable bonds is 0. The lowest BCUT2D eigenvalue weighted by Crippen LogP contribution is -2.33. The first kappa shape index (κ1) is 9.64. The molecule has 1 aromatic carbocycles. The maximum Gasteiger partial charge on any atom is 0.134 e. The predicted octanol–water partition coefficient (Wildman–Crippen LogP) is 2.97. The Kier molecular flexibility index (Phi) is 2.10. The van der Waals surface area contributed by atoms with E-state index in [4.69, 9.17) is 4.74 Å². The predicted molar refractivity (Wildman–Crippen MR) is 61.4 cm³/mol. The van der Waals surface area contributed by atoms with Gasteiger partial charge in [-0.05, 0) is 25.0 Å². The highest BCUT2D eigenvalue weighted by molar-refractivity contribution is 5.81. The van der Waals surface area contributed by atoms with Crippen LogP contribution in [0.3, 0.4) is 0 Å². The molecule has 16 heavy (non-hydrogen) atoms. The summed E-state index contributed by atoms with van der Waals surface area (Å²) >= 11 is 0. The van der Waals surface area contributed by atoms with Crippen molar-refractivity contribution >= 4 is 5.78 Å². The molecule has 2 heteroatoms. The molecule has 1 saturated carbocycles. The van der Waals surface area contributed by atoms with Gasteiger partial charge in [-0.2, -0.15) is 0 Å². The maximum atomic E-state index is 11.7. The number of Topliss-reactive ketones (excluding diaryl/α,β-unsaturated/α-hetero) is 1. The van der Waals surface area contributed by atoms with Crippen LogP contribution in [0.1, 0.15) is 31.2 Å². The molecule has 1 spiro atoms. The van der Waals surface area contributed by atoms with Crippen LogP contribution in [0.5, 0.6) is 5.75 Å². The van der Waals surface area contributed by atoms with E-state index in [1.807, 2.05) is 18.2 Å². The fourth-order valence-corrected chi connectivity index (χ4v) is 2.81. The second-order valence-corrected chi connectivity index (χ2v) is 4.64. The third kappa shape index (κ3) is 1.37. The molecule has 0 saturated heterocycles. The Morgan fingerprint density at radius 1 is 1.25 bits per heavy atom. The lowest BCUT2D eigenvalue weighted by molar-refractivity contribution is -0.121. The first-order valence-corrected chi connectivity index (χ1v) is 5.76. The Labute approximate surface area is 94.9 Å². The van der Waals surface area contributed by atoms with Gasteiger partial charge >= 0.3 is 0 Å². The highest BCUT2D eigenvalue weighted by atomic mass is 16.5. The zero-order valence-electron chi connectivity index (χ0n) is 9.11. The molecule has 1 unspecified atom stereocenters. The third-order valence-electron chi connectivity index (χ3n) is 3.60. The second-order valence-electron chi connectivity index (χ2n) is 4.64. The van der Waals surface area contributed by atoms with Crippen molar-refractivity contribution in [3.8, 4) is 5.75 Å². The normalized spacial score (nSPS) is 27.6. The van der Waals surface area contributed by atoms with Crippen LogP contribution in [0, 0.1) is 0 Å². The Hall–Kier alpha value is -1.57. The van der Waals surface area contributed by atoms with Crippen LogP contribution in [0.25, 0.3) is 0 Å². The molecule has 0 bridgehead atoms. The van der Waals surface area contributed by atoms with E-state index < -0.39 is 0 Å². The van der Waals surface area contributed by atoms with Crippen molar-refractivity contribution < 1.29 is 9.53 Å². The number of carbonyl (C=O) groups is 1. The summed E-state index contributed by atoms with van der Waals surface area (Å²) in [6.45, 7) is 0. The molecule has 82 valence electrons. The summed E-state index contributed by atoms with van der Waals surface area (Å²) in [4.78, 5) is 11.7. The highest BCUT2D eigenvalue weighted by Gasteiger charge is 2.38. The molecular weight excluding hydrogens is 200 g/mol. The zero-order valence-corrected chi connectivity index (χ0v) is 9.11. The topological polar surface area (TPSA) is 26.3 Å². The Morgan fingerprint density at radius 2 is 2.12 bits per heavy atom. The number of fused-ring (bicyclic) bond motifs is 2. The van der Waals surface area contributed by atoms with Crippen LogP contribution >= 0.6 is 0 Å². The minimum atomic E-state index is -0.0931. The van der Waals surface area contributed by atoms with Crippen molar-refractivity contribution in [1.29, 1.82) is 0 Å². The average Bonchev–Trinajstić information content (AvgIpc) is 2.30. The molecule has 1 fully saturated rings. The molecule has 1 aliphatic heterocycles. The van der Waals surface area contributed by atoms with Gasteiger partial charge in [0.1, 0.15) is 11.5 Å². The molecule has 0 N–H and O–H groups in total. The first-order valence-electron chi connectivity index (χ1n) is 5.76. The fourth-order valence-electron chi connectivity index (χ4n) is 2.81. The van der Waals surface area contributed by atoms with Gasteiger partial charge in [0, 0.05) is 23.8 Å². The van der Waals surface area contributed by atoms with Crippen molar-refractivity contribution in [3.05, 3.63) is 42.2 Å². The fraction of sp³-hybridized carbons (Fsp3) is 0.357. The van der Waals surface area contributed by atoms with Gasteiger partial charge in [0.2, 0.25) is 0 Å². The molecule has 2 aliphatic rings. The zero-order chi connectivity index (χ0) is 11.0. The standard InChI is InChI=1S/C14H14O2/c15-11-4-3-7-14(10-11)8-9-16-13-6-2-1-5-12(13)14/h1-2,5-6,8-9H,3-4,7,10H2. The number of para-hydroxylation sites is 1. The van der Waals surface area contributed by atoms with E-state index in [0.29, 0.717) is 12.2 Å². The van der Waals surface area contributed by atoms with Gasteiger partial charge in [0.15, 0.2) is 0 Å². The number of ketones is 1. The van der Waals surface area contributed by atoms with Gasteiger partial charge in [0.05, 0.1) is 6.26 Å². The average molecular weight is 214 g/mol. The van der Waals surface area contributed by atoms with Crippen molar-refractivity contribution in [3.63, 3.8) is 0 Å². The van der Waals surface area contributed by atoms with E-state index in [9.17, 15) is 4.79 Å². The van der Waals surface area contributed by atoms with Gasteiger partial charge < -0.3 is 4.74 Å². The number of benzene rings is 1. The first-order chi connectivity index (χ1) is 7.80. The smallest absolute Gasteiger partial charge is 0.134 e. The summed E-state index contributed by atoms with van der Waals surface area (Å²) in [6.07, 6.45) is 7.20. The molecule has 1 aromatic rings. The second kappa shape index (κ2) is 3.48. The van der Waals surface area contributed by atoms with Crippen molar-refractivity contribution in [2.24, 2.45) is 0 Å². The van der Waals surface area contributed by atoms with Gasteiger partial charge in [-0.15, -0.1) is 0 Å². The Balaban J connectivity index is 2.09. The lowest BCUT2D eigenvalue weighted by atomic mass is 9.68. The summed E-state index contributed by atoms with van der Waals surface area (Å²) < 4.78 is 5.49. The maximum absolute atomic E-state index is 11.7. The van der Waals surface area contributed by atoms with Crippen molar-refractivity contribution in [1.82, 2.24) is 0 Å². The van der Waals surface area contributed by atoms with Crippen LogP contribution in [-0.2, 0) is 10.2 Å². The number of hydrogen-bond acceptors (Lipinski definition) is 2. The molecule has 2 nitrogen and oxygen atoms in total. The SMILES string of the molecule is O=C1CCCC2(C=COc3ccccc32)C1. The van der Waals surface area contributed by atoms with Gasteiger partial charge in [0.25, 0.3) is 0 Å². The van der Waals surface area contributed by atoms with Crippen LogP contribution in [0.2, 0.25) is 0 Å². The minimum Gasteiger partial charge on any atom is -0.465 e. The molecule has 0 aromatic heterocycles. The minimum absolute atomic E-state index is 0.0931. The summed E-state index contributed by atoms with van der Waals surface area (Å²) in [7, 11) is 0. The van der Waals surface area contributed by atoms with E-state index in [1.54, 1.807) is 6.26 Å². The molecule has 1 atom stereocenters. The van der Waals surface area contributed by atoms with Crippen LogP contribution in [0.15, 0.2) is 36.6 Å². The number of ether oxygens (including phenoxy) is 1. The molecular formula is C14H14O2. The summed E-state index contributed by atoms with van der Waals surface area (Å²) in [5, 5.41) is 0. The highest BCUT2D eigenvalue weighted by Crippen LogP contribution is 2.45. The van der Waals surface area contributed by atoms with Crippen molar-refractivity contribution in [2.45, 2.75) is 31.1 Å². The molecule has 1 aliphatic carbocycles. The number of hydrogen-bond donors (Lipinski definition) is 0. The summed E-state index contributed by atoms with van der Waals surface area (Å²) in [5.74, 6) is 1.27. The molecule has 0 amide bonds. The van der Waals surface area contributed by atoms with E-state index in [2.05, 4.69) is 12.1 Å². The Morgan fingerprint density at radius 3 is 3.00 bits per heavy atom. The summed E-state index contributed by atoms with van der Waals surface area (Å²) in [6, 6.07) is 8.04. The molecule has 0 radical (unpaired) electrons. The van der Waals surface area contributed by atoms with E-state index in [-0.39, 0.29) is 5.41 Å². The van der Waals surface area contributed by atoms with Gasteiger partial charge in [-0.3, -0.25) is 4.79 Å². The Bertz CT molecular complexity index is 462. The summed E-state index contributed by atoms with van der Waals surface area (Å²) in [5.41, 5.74) is 1.08. The van der Waals surface area contributed by atoms with Crippen LogP contribution < -0.4 is 4.74 Å². The van der Waals surface area contributed by atoms with Crippen molar-refractivity contribution in [2.75, 3.05) is 0 Å². The van der Waals surface area contributed by atoms with E-state index in [1.165, 1.54) is 5.56 Å². The van der Waals surface area contributed by atoms with Gasteiger partial charge in [-0.1, -0.05) is 18.2 Å². The van der Waals surface area contributed by atoms with E-state index in [0.717, 1.165) is 25.0 Å². The van der Waals surface area contributed by atoms with E-state index >= 15 is 0 Å². The van der Waals surface area contributed by atoms with Gasteiger partial charge in [-0.25, -0.2) is 0 Å². The molecule has 1 heterocycles. The number of carbonyl (C=O) groups excluding carboxylic acids is 1. The largest absolute Gasteiger partial charge is 0.465 e. The lowest BCUT2D eigenvalue weighted by Gasteiger charge is -2.37. The third-order valence-corrected chi connectivity index (χ3v) is 3.60.